The van der Waals surface area contributed by atoms with Gasteiger partial charge in [0.1, 0.15) is 0 Å². The molecule has 0 aliphatic carbocycles. The summed E-state index contributed by atoms with van der Waals surface area (Å²) >= 11 is 0. The summed E-state index contributed by atoms with van der Waals surface area (Å²) in [6, 6.07) is 8.09. The van der Waals surface area contributed by atoms with Crippen LogP contribution >= 0.6 is 0 Å². The molecule has 2 heterocycles. The zero-order valence-corrected chi connectivity index (χ0v) is 15.2. The quantitative estimate of drug-likeness (QED) is 0.878. The minimum Gasteiger partial charge on any atom is -0.394 e. The number of hydrogen-bond donors (Lipinski definition) is 2. The second-order valence-electron chi connectivity index (χ2n) is 6.62. The Morgan fingerprint density at radius 2 is 2.08 bits per heavy atom. The molecule has 3 rings (SSSR count). The Labute approximate surface area is 148 Å². The summed E-state index contributed by atoms with van der Waals surface area (Å²) in [4.78, 5) is 20.1. The first-order chi connectivity index (χ1) is 12.1. The predicted molar refractivity (Wildman–Crippen MR) is 101 cm³/mol. The molecular weight excluding hydrogens is 314 g/mol. The number of aliphatic hydroxyl groups is 1. The summed E-state index contributed by atoms with van der Waals surface area (Å²) < 4.78 is 0. The molecule has 0 spiro atoms. The van der Waals surface area contributed by atoms with Gasteiger partial charge in [0.15, 0.2) is 0 Å². The molecule has 0 radical (unpaired) electrons. The van der Waals surface area contributed by atoms with Crippen molar-refractivity contribution in [1.82, 2.24) is 14.8 Å². The lowest BCUT2D eigenvalue weighted by atomic mass is 9.87. The molecule has 1 unspecified atom stereocenters. The molecule has 134 valence electrons. The van der Waals surface area contributed by atoms with Gasteiger partial charge in [-0.15, -0.1) is 0 Å². The highest BCUT2D eigenvalue weighted by Gasteiger charge is 2.33. The molecule has 25 heavy (non-hydrogen) atoms. The van der Waals surface area contributed by atoms with Gasteiger partial charge in [-0.05, 0) is 37.9 Å². The van der Waals surface area contributed by atoms with E-state index in [0.29, 0.717) is 19.6 Å². The number of amides is 1. The number of H-pyrrole nitrogens is 1. The minimum absolute atomic E-state index is 0.0333. The van der Waals surface area contributed by atoms with Crippen molar-refractivity contribution in [2.24, 2.45) is 5.92 Å². The van der Waals surface area contributed by atoms with Crippen LogP contribution in [-0.2, 0) is 4.79 Å². The number of aromatic amines is 1. The molecule has 1 amide bonds. The molecular formula is C20H27N3O2. The van der Waals surface area contributed by atoms with E-state index in [1.54, 1.807) is 0 Å². The fraction of sp³-hybridized carbons (Fsp3) is 0.450. The van der Waals surface area contributed by atoms with Crippen LogP contribution in [0.3, 0.4) is 0 Å². The van der Waals surface area contributed by atoms with E-state index in [1.165, 1.54) is 0 Å². The van der Waals surface area contributed by atoms with Crippen molar-refractivity contribution in [2.75, 3.05) is 33.3 Å². The second kappa shape index (κ2) is 7.42. The van der Waals surface area contributed by atoms with Gasteiger partial charge in [0, 0.05) is 31.4 Å². The summed E-state index contributed by atoms with van der Waals surface area (Å²) in [5, 5.41) is 11.1. The third kappa shape index (κ3) is 3.22. The molecule has 2 aromatic rings. The number of hydrogen-bond acceptors (Lipinski definition) is 3. The zero-order valence-electron chi connectivity index (χ0n) is 15.2. The largest absolute Gasteiger partial charge is 0.394 e. The number of likely N-dealkylation sites (N-methyl/N-ethyl adjacent to an activating group) is 1. The highest BCUT2D eigenvalue weighted by atomic mass is 16.3. The lowest BCUT2D eigenvalue weighted by Crippen LogP contribution is -2.47. The molecule has 0 saturated carbocycles. The smallest absolute Gasteiger partial charge is 0.230 e. The van der Waals surface area contributed by atoms with Crippen molar-refractivity contribution in [3.05, 3.63) is 42.1 Å². The monoisotopic (exact) mass is 341 g/mol. The van der Waals surface area contributed by atoms with Gasteiger partial charge < -0.3 is 15.0 Å². The van der Waals surface area contributed by atoms with Crippen molar-refractivity contribution >= 4 is 22.4 Å². The maximum Gasteiger partial charge on any atom is 0.230 e. The molecule has 0 fully saturated rings. The Morgan fingerprint density at radius 1 is 1.32 bits per heavy atom. The number of aromatic nitrogens is 1. The van der Waals surface area contributed by atoms with Crippen LogP contribution < -0.4 is 0 Å². The van der Waals surface area contributed by atoms with E-state index >= 15 is 0 Å². The normalized spacial score (nSPS) is 21.4. The van der Waals surface area contributed by atoms with Crippen LogP contribution in [0, 0.1) is 5.92 Å². The summed E-state index contributed by atoms with van der Waals surface area (Å²) in [7, 11) is 1.98. The van der Waals surface area contributed by atoms with Gasteiger partial charge >= 0.3 is 0 Å². The van der Waals surface area contributed by atoms with Gasteiger partial charge in [0.25, 0.3) is 0 Å². The average Bonchev–Trinajstić information content (AvgIpc) is 3.10. The lowest BCUT2D eigenvalue weighted by Gasteiger charge is -2.37. The fourth-order valence-corrected chi connectivity index (χ4v) is 3.81. The van der Waals surface area contributed by atoms with E-state index < -0.39 is 0 Å². The number of aliphatic hydroxyl groups excluding tert-OH is 1. The van der Waals surface area contributed by atoms with Crippen molar-refractivity contribution in [3.8, 4) is 0 Å². The van der Waals surface area contributed by atoms with E-state index in [4.69, 9.17) is 0 Å². The van der Waals surface area contributed by atoms with Gasteiger partial charge in [-0.3, -0.25) is 9.69 Å². The molecule has 5 heteroatoms. The number of rotatable bonds is 5. The van der Waals surface area contributed by atoms with Crippen LogP contribution in [-0.4, -0.2) is 65.1 Å². The molecule has 1 aromatic carbocycles. The topological polar surface area (TPSA) is 59.6 Å². The number of benzene rings is 1. The summed E-state index contributed by atoms with van der Waals surface area (Å²) in [5.74, 6) is -0.0303. The first-order valence-electron chi connectivity index (χ1n) is 8.98. The second-order valence-corrected chi connectivity index (χ2v) is 6.62. The standard InChI is InChI=1S/C20H27N3O2/c1-4-23(5-2)20(25)15-11-17(18(13-24)22(3)12-15)16-8-6-7-14-9-10-21-19(14)16/h6-11,15,18,21,24H,4-5,12-13H2,1-3H3/t15?,18-/m1/s1. The van der Waals surface area contributed by atoms with Crippen LogP contribution in [0.25, 0.3) is 16.5 Å². The average molecular weight is 341 g/mol. The number of nitrogens with one attached hydrogen (secondary N) is 1. The zero-order chi connectivity index (χ0) is 18.0. The lowest BCUT2D eigenvalue weighted by molar-refractivity contribution is -0.134. The summed E-state index contributed by atoms with van der Waals surface area (Å²) in [6.45, 7) is 6.11. The SMILES string of the molecule is CCN(CC)C(=O)C1C=C(c2cccc3cc[nH]c23)[C@@H](CO)N(C)C1. The highest BCUT2D eigenvalue weighted by Crippen LogP contribution is 2.33. The van der Waals surface area contributed by atoms with Gasteiger partial charge in [-0.2, -0.15) is 0 Å². The van der Waals surface area contributed by atoms with Gasteiger partial charge in [0.2, 0.25) is 5.91 Å². The van der Waals surface area contributed by atoms with E-state index in [1.807, 2.05) is 44.1 Å². The van der Waals surface area contributed by atoms with Crippen molar-refractivity contribution < 1.29 is 9.90 Å². The van der Waals surface area contributed by atoms with E-state index in [2.05, 4.69) is 28.1 Å². The molecule has 5 nitrogen and oxygen atoms in total. The maximum atomic E-state index is 12.9. The summed E-state index contributed by atoms with van der Waals surface area (Å²) in [5.41, 5.74) is 3.14. The van der Waals surface area contributed by atoms with E-state index in [-0.39, 0.29) is 24.5 Å². The predicted octanol–water partition coefficient (Wildman–Crippen LogP) is 2.34. The Balaban J connectivity index is 2.06. The minimum atomic E-state index is -0.187. The van der Waals surface area contributed by atoms with E-state index in [0.717, 1.165) is 22.0 Å². The molecule has 1 aliphatic rings. The first kappa shape index (κ1) is 17.7. The summed E-state index contributed by atoms with van der Waals surface area (Å²) in [6.07, 6.45) is 3.99. The van der Waals surface area contributed by atoms with Crippen molar-refractivity contribution in [2.45, 2.75) is 19.9 Å². The third-order valence-corrected chi connectivity index (χ3v) is 5.22. The molecule has 0 bridgehead atoms. The van der Waals surface area contributed by atoms with Gasteiger partial charge in [-0.25, -0.2) is 0 Å². The van der Waals surface area contributed by atoms with Crippen LogP contribution in [0.5, 0.6) is 0 Å². The number of carbonyl (C=O) groups excluding carboxylic acids is 1. The third-order valence-electron chi connectivity index (χ3n) is 5.22. The van der Waals surface area contributed by atoms with Crippen LogP contribution in [0.15, 0.2) is 36.5 Å². The van der Waals surface area contributed by atoms with Gasteiger partial charge in [-0.1, -0.05) is 24.3 Å². The number of nitrogens with zero attached hydrogens (tertiary/aromatic N) is 2. The number of fused-ring (bicyclic) bond motifs is 1. The Bertz CT molecular complexity index is 776. The molecule has 2 atom stereocenters. The molecule has 1 aromatic heterocycles. The fourth-order valence-electron chi connectivity index (χ4n) is 3.81. The van der Waals surface area contributed by atoms with Crippen LogP contribution in [0.1, 0.15) is 19.4 Å². The number of carbonyl (C=O) groups is 1. The Hall–Kier alpha value is -2.11. The van der Waals surface area contributed by atoms with Crippen LogP contribution in [0.2, 0.25) is 0 Å². The van der Waals surface area contributed by atoms with Crippen molar-refractivity contribution in [3.63, 3.8) is 0 Å². The van der Waals surface area contributed by atoms with E-state index in [9.17, 15) is 9.90 Å². The Kier molecular flexibility index (Phi) is 5.25. The van der Waals surface area contributed by atoms with Crippen molar-refractivity contribution in [1.29, 1.82) is 0 Å². The molecule has 2 N–H and O–H groups in total. The highest BCUT2D eigenvalue weighted by molar-refractivity contribution is 5.94. The van der Waals surface area contributed by atoms with Crippen LogP contribution in [0.4, 0.5) is 0 Å². The maximum absolute atomic E-state index is 12.9. The number of para-hydroxylation sites is 1. The molecule has 1 aliphatic heterocycles. The Morgan fingerprint density at radius 3 is 2.76 bits per heavy atom. The first-order valence-corrected chi connectivity index (χ1v) is 8.98. The van der Waals surface area contributed by atoms with Gasteiger partial charge in [0.05, 0.1) is 24.1 Å². The molecule has 0 saturated heterocycles.